The maximum Gasteiger partial charge on any atom is 0.269 e. The highest BCUT2D eigenvalue weighted by atomic mass is 32.1. The molecule has 2 N–H and O–H groups in total. The van der Waals surface area contributed by atoms with Crippen molar-refractivity contribution in [1.29, 1.82) is 0 Å². The van der Waals surface area contributed by atoms with Gasteiger partial charge in [0.1, 0.15) is 0 Å². The number of nitro groups is 1. The second kappa shape index (κ2) is 6.53. The van der Waals surface area contributed by atoms with E-state index in [9.17, 15) is 10.1 Å². The van der Waals surface area contributed by atoms with Crippen molar-refractivity contribution in [2.75, 3.05) is 10.6 Å². The van der Waals surface area contributed by atoms with E-state index in [1.165, 1.54) is 17.7 Å². The van der Waals surface area contributed by atoms with Crippen molar-refractivity contribution in [3.63, 3.8) is 0 Å². The van der Waals surface area contributed by atoms with E-state index in [2.05, 4.69) is 16.7 Å². The first kappa shape index (κ1) is 15.9. The van der Waals surface area contributed by atoms with E-state index in [4.69, 9.17) is 12.2 Å². The van der Waals surface area contributed by atoms with Crippen LogP contribution in [0.25, 0.3) is 0 Å². The number of thiocarbonyl (C=S) groups is 1. The van der Waals surface area contributed by atoms with Gasteiger partial charge >= 0.3 is 0 Å². The van der Waals surface area contributed by atoms with Crippen molar-refractivity contribution in [3.8, 4) is 0 Å². The fraction of sp³-hybridized carbons (Fsp3) is 0.188. The molecular weight excluding hydrogens is 298 g/mol. The van der Waals surface area contributed by atoms with Crippen LogP contribution in [0.5, 0.6) is 0 Å². The highest BCUT2D eigenvalue weighted by Crippen LogP contribution is 2.22. The Morgan fingerprint density at radius 3 is 2.05 bits per heavy atom. The predicted molar refractivity (Wildman–Crippen MR) is 93.6 cm³/mol. The molecule has 0 saturated carbocycles. The summed E-state index contributed by atoms with van der Waals surface area (Å²) < 4.78 is 0. The van der Waals surface area contributed by atoms with E-state index >= 15 is 0 Å². The molecule has 0 saturated heterocycles. The molecule has 0 heterocycles. The van der Waals surface area contributed by atoms with Crippen LogP contribution < -0.4 is 10.6 Å². The minimum atomic E-state index is -0.414. The normalized spacial score (nSPS) is 10.1. The number of benzene rings is 2. The Bertz CT molecular complexity index is 744. The Morgan fingerprint density at radius 1 is 1.00 bits per heavy atom. The number of hydrogen-bond acceptors (Lipinski definition) is 3. The summed E-state index contributed by atoms with van der Waals surface area (Å²) >= 11 is 5.30. The van der Waals surface area contributed by atoms with Crippen LogP contribution in [0.4, 0.5) is 17.1 Å². The van der Waals surface area contributed by atoms with Gasteiger partial charge in [-0.2, -0.15) is 0 Å². The zero-order valence-electron chi connectivity index (χ0n) is 12.6. The summed E-state index contributed by atoms with van der Waals surface area (Å²) in [6.07, 6.45) is 0. The summed E-state index contributed by atoms with van der Waals surface area (Å²) in [6, 6.07) is 10.7. The highest BCUT2D eigenvalue weighted by Gasteiger charge is 2.09. The molecule has 0 spiro atoms. The van der Waals surface area contributed by atoms with Crippen molar-refractivity contribution < 1.29 is 4.92 Å². The highest BCUT2D eigenvalue weighted by molar-refractivity contribution is 7.80. The Morgan fingerprint density at radius 2 is 1.55 bits per heavy atom. The molecule has 5 nitrogen and oxygen atoms in total. The number of non-ortho nitro benzene ring substituents is 1. The van der Waals surface area contributed by atoms with Crippen LogP contribution in [0.3, 0.4) is 0 Å². The molecule has 0 bridgehead atoms. The molecule has 114 valence electrons. The molecular formula is C16H17N3O2S. The molecule has 0 fully saturated rings. The van der Waals surface area contributed by atoms with Gasteiger partial charge in [0, 0.05) is 23.5 Å². The number of nitrogens with one attached hydrogen (secondary N) is 2. The van der Waals surface area contributed by atoms with E-state index in [1.54, 1.807) is 13.0 Å². The minimum Gasteiger partial charge on any atom is -0.332 e. The first-order valence-corrected chi connectivity index (χ1v) is 7.18. The van der Waals surface area contributed by atoms with Crippen LogP contribution in [0.15, 0.2) is 36.4 Å². The largest absolute Gasteiger partial charge is 0.332 e. The van der Waals surface area contributed by atoms with Crippen molar-refractivity contribution in [1.82, 2.24) is 0 Å². The molecule has 0 amide bonds. The van der Waals surface area contributed by atoms with Gasteiger partial charge in [-0.05, 0) is 56.2 Å². The van der Waals surface area contributed by atoms with Gasteiger partial charge < -0.3 is 10.6 Å². The van der Waals surface area contributed by atoms with Crippen LogP contribution in [-0.4, -0.2) is 10.0 Å². The predicted octanol–water partition coefficient (Wildman–Crippen LogP) is 4.33. The first-order chi connectivity index (χ1) is 10.4. The summed E-state index contributed by atoms with van der Waals surface area (Å²) in [5, 5.41) is 17.4. The number of aryl methyl sites for hydroxylation is 3. The molecule has 2 rings (SSSR count). The summed E-state index contributed by atoms with van der Waals surface area (Å²) in [4.78, 5) is 10.3. The monoisotopic (exact) mass is 315 g/mol. The Hall–Kier alpha value is -2.47. The lowest BCUT2D eigenvalue weighted by Gasteiger charge is -2.14. The summed E-state index contributed by atoms with van der Waals surface area (Å²) in [5.74, 6) is 0. The lowest BCUT2D eigenvalue weighted by Crippen LogP contribution is -2.20. The number of anilines is 2. The lowest BCUT2D eigenvalue weighted by molar-refractivity contribution is -0.384. The van der Waals surface area contributed by atoms with Crippen LogP contribution >= 0.6 is 12.2 Å². The standard InChI is InChI=1S/C16H17N3O2S/c1-10-4-6-14(11(2)8-10)17-16(22)18-15-7-5-13(19(20)21)9-12(15)3/h4-9H,1-3H3,(H2,17,18,22). The molecule has 22 heavy (non-hydrogen) atoms. The Labute approximate surface area is 134 Å². The van der Waals surface area contributed by atoms with Gasteiger partial charge in [-0.15, -0.1) is 0 Å². The van der Waals surface area contributed by atoms with E-state index in [0.717, 1.165) is 22.5 Å². The van der Waals surface area contributed by atoms with Crippen LogP contribution in [0.2, 0.25) is 0 Å². The van der Waals surface area contributed by atoms with Gasteiger partial charge in [0.15, 0.2) is 5.11 Å². The second-order valence-corrected chi connectivity index (χ2v) is 5.56. The molecule has 0 radical (unpaired) electrons. The molecule has 0 aliphatic heterocycles. The number of nitrogens with zero attached hydrogens (tertiary/aromatic N) is 1. The third-order valence-electron chi connectivity index (χ3n) is 3.30. The molecule has 0 aliphatic carbocycles. The Kier molecular flexibility index (Phi) is 4.72. The van der Waals surface area contributed by atoms with Gasteiger partial charge in [-0.3, -0.25) is 10.1 Å². The summed E-state index contributed by atoms with van der Waals surface area (Å²) in [6.45, 7) is 5.84. The van der Waals surface area contributed by atoms with E-state index in [0.29, 0.717) is 5.11 Å². The number of nitro benzene ring substituents is 1. The fourth-order valence-corrected chi connectivity index (χ4v) is 2.35. The zero-order valence-corrected chi connectivity index (χ0v) is 13.5. The number of hydrogen-bond donors (Lipinski definition) is 2. The van der Waals surface area contributed by atoms with Gasteiger partial charge in [0.25, 0.3) is 5.69 Å². The zero-order chi connectivity index (χ0) is 16.3. The van der Waals surface area contributed by atoms with Gasteiger partial charge in [-0.25, -0.2) is 0 Å². The average molecular weight is 315 g/mol. The SMILES string of the molecule is Cc1ccc(NC(=S)Nc2ccc([N+](=O)[O-])cc2C)c(C)c1. The fourth-order valence-electron chi connectivity index (χ4n) is 2.13. The van der Waals surface area contributed by atoms with E-state index in [-0.39, 0.29) is 5.69 Å². The lowest BCUT2D eigenvalue weighted by atomic mass is 10.1. The van der Waals surface area contributed by atoms with Crippen molar-refractivity contribution in [2.45, 2.75) is 20.8 Å². The molecule has 6 heteroatoms. The molecule has 0 unspecified atom stereocenters. The molecule has 0 aromatic heterocycles. The minimum absolute atomic E-state index is 0.0660. The number of rotatable bonds is 3. The van der Waals surface area contributed by atoms with E-state index < -0.39 is 4.92 Å². The van der Waals surface area contributed by atoms with Crippen molar-refractivity contribution in [2.24, 2.45) is 0 Å². The topological polar surface area (TPSA) is 67.2 Å². The van der Waals surface area contributed by atoms with Crippen LogP contribution in [0, 0.1) is 30.9 Å². The quantitative estimate of drug-likeness (QED) is 0.501. The summed E-state index contributed by atoms with van der Waals surface area (Å²) in [5.41, 5.74) is 4.79. The van der Waals surface area contributed by atoms with Gasteiger partial charge in [0.2, 0.25) is 0 Å². The Balaban J connectivity index is 2.10. The second-order valence-electron chi connectivity index (χ2n) is 5.15. The summed E-state index contributed by atoms with van der Waals surface area (Å²) in [7, 11) is 0. The maximum absolute atomic E-state index is 10.7. The van der Waals surface area contributed by atoms with Crippen LogP contribution in [-0.2, 0) is 0 Å². The van der Waals surface area contributed by atoms with E-state index in [1.807, 2.05) is 26.0 Å². The molecule has 0 atom stereocenters. The third-order valence-corrected chi connectivity index (χ3v) is 3.50. The van der Waals surface area contributed by atoms with Crippen LogP contribution in [0.1, 0.15) is 16.7 Å². The maximum atomic E-state index is 10.7. The molecule has 2 aromatic rings. The van der Waals surface area contributed by atoms with Crippen molar-refractivity contribution in [3.05, 3.63) is 63.2 Å². The third kappa shape index (κ3) is 3.79. The molecule has 2 aromatic carbocycles. The van der Waals surface area contributed by atoms with Gasteiger partial charge in [-0.1, -0.05) is 17.7 Å². The first-order valence-electron chi connectivity index (χ1n) is 6.77. The van der Waals surface area contributed by atoms with Gasteiger partial charge in [0.05, 0.1) is 4.92 Å². The molecule has 0 aliphatic rings. The van der Waals surface area contributed by atoms with Crippen molar-refractivity contribution >= 4 is 34.4 Å². The average Bonchev–Trinajstić information content (AvgIpc) is 2.44. The smallest absolute Gasteiger partial charge is 0.269 e.